The van der Waals surface area contributed by atoms with Gasteiger partial charge in [-0.25, -0.2) is 4.98 Å². The van der Waals surface area contributed by atoms with Gasteiger partial charge < -0.3 is 14.7 Å². The zero-order valence-electron chi connectivity index (χ0n) is 13.7. The van der Waals surface area contributed by atoms with Crippen LogP contribution in [0.5, 0.6) is 0 Å². The maximum Gasteiger partial charge on any atom is 0.252 e. The largest absolute Gasteiger partial charge is 0.468 e. The van der Waals surface area contributed by atoms with Gasteiger partial charge in [0.05, 0.1) is 17.9 Å². The Bertz CT molecular complexity index is 779. The number of amides is 1. The van der Waals surface area contributed by atoms with Crippen molar-refractivity contribution in [3.05, 3.63) is 66.4 Å². The summed E-state index contributed by atoms with van der Waals surface area (Å²) in [7, 11) is 3.91. The lowest BCUT2D eigenvalue weighted by Gasteiger charge is -2.22. The topological polar surface area (TPSA) is 74.2 Å². The van der Waals surface area contributed by atoms with Gasteiger partial charge in [0.2, 0.25) is 0 Å². The predicted molar refractivity (Wildman–Crippen MR) is 91.5 cm³/mol. The maximum atomic E-state index is 12.7. The van der Waals surface area contributed by atoms with Crippen molar-refractivity contribution in [2.75, 3.05) is 20.6 Å². The van der Waals surface area contributed by atoms with Crippen LogP contribution < -0.4 is 5.32 Å². The molecular formula is C18H20N4O2. The number of H-pyrrole nitrogens is 1. The van der Waals surface area contributed by atoms with Crippen LogP contribution >= 0.6 is 0 Å². The highest BCUT2D eigenvalue weighted by Gasteiger charge is 2.19. The van der Waals surface area contributed by atoms with Crippen molar-refractivity contribution in [2.24, 2.45) is 0 Å². The van der Waals surface area contributed by atoms with Crippen molar-refractivity contribution in [3.8, 4) is 11.4 Å². The molecule has 0 aliphatic heterocycles. The molecule has 1 amide bonds. The van der Waals surface area contributed by atoms with E-state index in [0.29, 0.717) is 17.9 Å². The number of rotatable bonds is 6. The van der Waals surface area contributed by atoms with Crippen LogP contribution in [-0.2, 0) is 0 Å². The molecule has 3 rings (SSSR count). The fraction of sp³-hybridized carbons (Fsp3) is 0.222. The van der Waals surface area contributed by atoms with Crippen LogP contribution in [0.1, 0.15) is 22.2 Å². The predicted octanol–water partition coefficient (Wildman–Crippen LogP) is 2.70. The van der Waals surface area contributed by atoms with E-state index < -0.39 is 0 Å². The molecular weight excluding hydrogens is 304 g/mol. The molecule has 0 radical (unpaired) electrons. The summed E-state index contributed by atoms with van der Waals surface area (Å²) in [5.74, 6) is 1.36. The lowest BCUT2D eigenvalue weighted by Crippen LogP contribution is -2.34. The van der Waals surface area contributed by atoms with Crippen molar-refractivity contribution < 1.29 is 9.21 Å². The summed E-state index contributed by atoms with van der Waals surface area (Å²) in [4.78, 5) is 21.9. The fourth-order valence-corrected chi connectivity index (χ4v) is 2.60. The molecule has 0 saturated heterocycles. The van der Waals surface area contributed by atoms with Gasteiger partial charge in [0, 0.05) is 24.5 Å². The van der Waals surface area contributed by atoms with E-state index in [0.717, 1.165) is 11.3 Å². The van der Waals surface area contributed by atoms with Crippen LogP contribution in [0.4, 0.5) is 0 Å². The molecule has 0 aliphatic carbocycles. The number of aromatic amines is 1. The number of imidazole rings is 1. The standard InChI is InChI=1S/C18H20N4O2/c1-22(2)15(16-8-5-11-24-16)12-21-18(23)14-7-4-3-6-13(14)17-19-9-10-20-17/h3-11,15H,12H2,1-2H3,(H,19,20)(H,21,23). The molecule has 6 heteroatoms. The molecule has 0 fully saturated rings. The zero-order valence-corrected chi connectivity index (χ0v) is 13.7. The third-order valence-electron chi connectivity index (χ3n) is 3.88. The van der Waals surface area contributed by atoms with E-state index in [9.17, 15) is 4.79 Å². The molecule has 6 nitrogen and oxygen atoms in total. The Morgan fingerprint density at radius 1 is 1.29 bits per heavy atom. The minimum Gasteiger partial charge on any atom is -0.468 e. The summed E-state index contributed by atoms with van der Waals surface area (Å²) < 4.78 is 5.47. The highest BCUT2D eigenvalue weighted by molar-refractivity contribution is 6.00. The molecule has 2 N–H and O–H groups in total. The number of furan rings is 1. The second kappa shape index (κ2) is 7.14. The van der Waals surface area contributed by atoms with Crippen LogP contribution in [0.3, 0.4) is 0 Å². The summed E-state index contributed by atoms with van der Waals surface area (Å²) in [6.45, 7) is 0.450. The normalized spacial score (nSPS) is 12.3. The van der Waals surface area contributed by atoms with Gasteiger partial charge in [0.1, 0.15) is 11.6 Å². The van der Waals surface area contributed by atoms with E-state index in [-0.39, 0.29) is 11.9 Å². The second-order valence-corrected chi connectivity index (χ2v) is 5.69. The third kappa shape index (κ3) is 3.38. The van der Waals surface area contributed by atoms with E-state index in [2.05, 4.69) is 15.3 Å². The Kier molecular flexibility index (Phi) is 4.77. The molecule has 0 saturated carbocycles. The number of nitrogens with one attached hydrogen (secondary N) is 2. The Hall–Kier alpha value is -2.86. The van der Waals surface area contributed by atoms with Gasteiger partial charge >= 0.3 is 0 Å². The van der Waals surface area contributed by atoms with Crippen molar-refractivity contribution in [2.45, 2.75) is 6.04 Å². The average Bonchev–Trinajstić information content (AvgIpc) is 3.28. The van der Waals surface area contributed by atoms with Crippen molar-refractivity contribution in [1.29, 1.82) is 0 Å². The van der Waals surface area contributed by atoms with E-state index in [1.807, 2.05) is 49.3 Å². The molecule has 0 bridgehead atoms. The number of likely N-dealkylation sites (N-methyl/N-ethyl adjacent to an activating group) is 1. The quantitative estimate of drug-likeness (QED) is 0.731. The first-order valence-electron chi connectivity index (χ1n) is 7.73. The van der Waals surface area contributed by atoms with Gasteiger partial charge in [-0.05, 0) is 32.3 Å². The number of carbonyl (C=O) groups is 1. The molecule has 2 heterocycles. The maximum absolute atomic E-state index is 12.7. The number of aromatic nitrogens is 2. The van der Waals surface area contributed by atoms with Gasteiger partial charge in [-0.1, -0.05) is 18.2 Å². The molecule has 1 atom stereocenters. The summed E-state index contributed by atoms with van der Waals surface area (Å²) in [6.07, 6.45) is 5.05. The Labute approximate surface area is 140 Å². The molecule has 1 aromatic carbocycles. The highest BCUT2D eigenvalue weighted by atomic mass is 16.3. The zero-order chi connectivity index (χ0) is 16.9. The lowest BCUT2D eigenvalue weighted by atomic mass is 10.1. The average molecular weight is 324 g/mol. The summed E-state index contributed by atoms with van der Waals surface area (Å²) in [5, 5.41) is 2.99. The van der Waals surface area contributed by atoms with Crippen molar-refractivity contribution >= 4 is 5.91 Å². The number of carbonyl (C=O) groups excluding carboxylic acids is 1. The number of hydrogen-bond acceptors (Lipinski definition) is 4. The first kappa shape index (κ1) is 16.0. The minimum absolute atomic E-state index is 0.0280. The Morgan fingerprint density at radius 3 is 2.79 bits per heavy atom. The van der Waals surface area contributed by atoms with Crippen LogP contribution in [0.2, 0.25) is 0 Å². The third-order valence-corrected chi connectivity index (χ3v) is 3.88. The molecule has 3 aromatic rings. The summed E-state index contributed by atoms with van der Waals surface area (Å²) in [5.41, 5.74) is 1.36. The van der Waals surface area contributed by atoms with Crippen molar-refractivity contribution in [3.63, 3.8) is 0 Å². The Morgan fingerprint density at radius 2 is 2.12 bits per heavy atom. The number of hydrogen-bond donors (Lipinski definition) is 2. The highest BCUT2D eigenvalue weighted by Crippen LogP contribution is 2.21. The van der Waals surface area contributed by atoms with E-state index >= 15 is 0 Å². The Balaban J connectivity index is 1.76. The number of nitrogens with zero attached hydrogens (tertiary/aromatic N) is 2. The van der Waals surface area contributed by atoms with Crippen LogP contribution in [0.25, 0.3) is 11.4 Å². The first-order valence-corrected chi connectivity index (χ1v) is 7.73. The molecule has 0 aliphatic rings. The van der Waals surface area contributed by atoms with Crippen LogP contribution in [0.15, 0.2) is 59.5 Å². The summed E-state index contributed by atoms with van der Waals surface area (Å²) in [6, 6.07) is 11.1. The number of benzene rings is 1. The second-order valence-electron chi connectivity index (χ2n) is 5.69. The van der Waals surface area contributed by atoms with Gasteiger partial charge in [-0.15, -0.1) is 0 Å². The van der Waals surface area contributed by atoms with Crippen LogP contribution in [0, 0.1) is 0 Å². The van der Waals surface area contributed by atoms with Crippen molar-refractivity contribution in [1.82, 2.24) is 20.2 Å². The van der Waals surface area contributed by atoms with Crippen LogP contribution in [-0.4, -0.2) is 41.4 Å². The van der Waals surface area contributed by atoms with E-state index in [4.69, 9.17) is 4.42 Å². The van der Waals surface area contributed by atoms with E-state index in [1.54, 1.807) is 24.7 Å². The minimum atomic E-state index is -0.139. The smallest absolute Gasteiger partial charge is 0.252 e. The molecule has 24 heavy (non-hydrogen) atoms. The molecule has 2 aromatic heterocycles. The summed E-state index contributed by atoms with van der Waals surface area (Å²) >= 11 is 0. The van der Waals surface area contributed by atoms with E-state index in [1.165, 1.54) is 0 Å². The lowest BCUT2D eigenvalue weighted by molar-refractivity contribution is 0.0939. The first-order chi connectivity index (χ1) is 11.7. The fourth-order valence-electron chi connectivity index (χ4n) is 2.60. The van der Waals surface area contributed by atoms with Gasteiger partial charge in [-0.3, -0.25) is 9.69 Å². The van der Waals surface area contributed by atoms with Gasteiger partial charge in [0.15, 0.2) is 0 Å². The molecule has 124 valence electrons. The SMILES string of the molecule is CN(C)C(CNC(=O)c1ccccc1-c1ncc[nH]1)c1ccco1. The molecule has 1 unspecified atom stereocenters. The molecule has 0 spiro atoms. The van der Waals surface area contributed by atoms with Gasteiger partial charge in [0.25, 0.3) is 5.91 Å². The van der Waals surface area contributed by atoms with Gasteiger partial charge in [-0.2, -0.15) is 0 Å². The monoisotopic (exact) mass is 324 g/mol.